The Morgan fingerprint density at radius 1 is 1.59 bits per heavy atom. The van der Waals surface area contributed by atoms with Gasteiger partial charge in [-0.15, -0.1) is 11.6 Å². The number of rotatable bonds is 6. The zero-order chi connectivity index (χ0) is 12.5. The van der Waals surface area contributed by atoms with Crippen molar-refractivity contribution in [1.29, 1.82) is 0 Å². The predicted octanol–water partition coefficient (Wildman–Crippen LogP) is 1.20. The molecule has 0 spiro atoms. The van der Waals surface area contributed by atoms with E-state index in [1.54, 1.807) is 4.57 Å². The van der Waals surface area contributed by atoms with Crippen molar-refractivity contribution in [3.63, 3.8) is 0 Å². The van der Waals surface area contributed by atoms with E-state index in [2.05, 4.69) is 9.71 Å². The smallest absolute Gasteiger partial charge is 0.259 e. The van der Waals surface area contributed by atoms with Gasteiger partial charge in [0.2, 0.25) is 0 Å². The number of alkyl halides is 1. The second-order valence-corrected chi connectivity index (χ2v) is 6.48. The zero-order valence-electron chi connectivity index (χ0n) is 9.69. The highest BCUT2D eigenvalue weighted by Crippen LogP contribution is 2.46. The lowest BCUT2D eigenvalue weighted by Gasteiger charge is -2.11. The van der Waals surface area contributed by atoms with Gasteiger partial charge in [-0.25, -0.2) is 18.1 Å². The summed E-state index contributed by atoms with van der Waals surface area (Å²) < 4.78 is 28.1. The molecule has 2 rings (SSSR count). The molecule has 0 radical (unpaired) electrons. The van der Waals surface area contributed by atoms with Gasteiger partial charge < -0.3 is 4.57 Å². The third-order valence-corrected chi connectivity index (χ3v) is 4.98. The van der Waals surface area contributed by atoms with Gasteiger partial charge >= 0.3 is 0 Å². The summed E-state index contributed by atoms with van der Waals surface area (Å²) in [5.74, 6) is 0.499. The molecule has 1 heterocycles. The van der Waals surface area contributed by atoms with Crippen LogP contribution in [0.2, 0.25) is 0 Å². The molecule has 0 bridgehead atoms. The largest absolute Gasteiger partial charge is 0.336 e. The molecule has 0 unspecified atom stereocenters. The van der Waals surface area contributed by atoms with Crippen LogP contribution in [0, 0.1) is 5.41 Å². The van der Waals surface area contributed by atoms with Crippen LogP contribution < -0.4 is 4.72 Å². The minimum Gasteiger partial charge on any atom is -0.336 e. The van der Waals surface area contributed by atoms with Crippen molar-refractivity contribution < 1.29 is 8.42 Å². The summed E-state index contributed by atoms with van der Waals surface area (Å²) in [5.41, 5.74) is -0.0258. The Morgan fingerprint density at radius 2 is 2.29 bits per heavy atom. The number of aryl methyl sites for hydroxylation is 1. The summed E-state index contributed by atoms with van der Waals surface area (Å²) in [5, 5.41) is 0.0738. The van der Waals surface area contributed by atoms with E-state index in [4.69, 9.17) is 11.6 Å². The number of nitrogens with zero attached hydrogens (tertiary/aromatic N) is 2. The van der Waals surface area contributed by atoms with E-state index in [1.807, 2.05) is 6.92 Å². The molecule has 1 fully saturated rings. The van der Waals surface area contributed by atoms with Gasteiger partial charge in [-0.1, -0.05) is 0 Å². The van der Waals surface area contributed by atoms with Crippen LogP contribution in [0.3, 0.4) is 0 Å². The monoisotopic (exact) mass is 277 g/mol. The first kappa shape index (κ1) is 12.9. The first-order valence-corrected chi connectivity index (χ1v) is 7.60. The Labute approximate surface area is 106 Å². The highest BCUT2D eigenvalue weighted by Gasteiger charge is 2.42. The number of halogens is 1. The van der Waals surface area contributed by atoms with Crippen molar-refractivity contribution in [3.8, 4) is 0 Å². The zero-order valence-corrected chi connectivity index (χ0v) is 11.3. The van der Waals surface area contributed by atoms with Crippen molar-refractivity contribution in [1.82, 2.24) is 14.3 Å². The van der Waals surface area contributed by atoms with Gasteiger partial charge in [0.1, 0.15) is 0 Å². The number of sulfonamides is 1. The van der Waals surface area contributed by atoms with Crippen LogP contribution in [0.5, 0.6) is 0 Å². The molecular weight excluding hydrogens is 262 g/mol. The molecule has 1 aromatic rings. The molecule has 1 aliphatic carbocycles. The van der Waals surface area contributed by atoms with Crippen molar-refractivity contribution in [2.24, 2.45) is 5.41 Å². The number of nitrogens with one attached hydrogen (secondary N) is 1. The van der Waals surface area contributed by atoms with Crippen LogP contribution in [0.15, 0.2) is 17.6 Å². The van der Waals surface area contributed by atoms with Crippen LogP contribution in [0.4, 0.5) is 0 Å². The molecule has 5 nitrogen and oxygen atoms in total. The van der Waals surface area contributed by atoms with Crippen LogP contribution in [0.1, 0.15) is 19.8 Å². The van der Waals surface area contributed by atoms with E-state index in [-0.39, 0.29) is 10.4 Å². The Hall–Kier alpha value is -0.590. The first-order chi connectivity index (χ1) is 8.01. The summed E-state index contributed by atoms with van der Waals surface area (Å²) in [6.07, 6.45) is 5.02. The van der Waals surface area contributed by atoms with E-state index >= 15 is 0 Å². The van der Waals surface area contributed by atoms with E-state index < -0.39 is 10.0 Å². The average molecular weight is 278 g/mol. The van der Waals surface area contributed by atoms with Crippen LogP contribution in [-0.2, 0) is 16.6 Å². The second kappa shape index (κ2) is 4.59. The fraction of sp³-hybridized carbons (Fsp3) is 0.700. The summed E-state index contributed by atoms with van der Waals surface area (Å²) >= 11 is 5.80. The van der Waals surface area contributed by atoms with Crippen molar-refractivity contribution in [3.05, 3.63) is 12.5 Å². The lowest BCUT2D eigenvalue weighted by molar-refractivity contribution is 0.532. The summed E-state index contributed by atoms with van der Waals surface area (Å²) in [4.78, 5) is 3.89. The molecule has 0 atom stereocenters. The summed E-state index contributed by atoms with van der Waals surface area (Å²) in [6.45, 7) is 3.03. The molecule has 17 heavy (non-hydrogen) atoms. The van der Waals surface area contributed by atoms with Gasteiger partial charge in [0.15, 0.2) is 5.03 Å². The second-order valence-electron chi connectivity index (χ2n) is 4.50. The predicted molar refractivity (Wildman–Crippen MR) is 65.5 cm³/mol. The third-order valence-electron chi connectivity index (χ3n) is 3.13. The Balaban J connectivity index is 2.03. The van der Waals surface area contributed by atoms with Gasteiger partial charge in [-0.05, 0) is 25.2 Å². The SMILES string of the molecule is CCn1cnc(S(=O)(=O)NCC2(CCl)CC2)c1. The number of hydrogen-bond donors (Lipinski definition) is 1. The molecule has 7 heteroatoms. The third kappa shape index (κ3) is 2.81. The van der Waals surface area contributed by atoms with Gasteiger partial charge in [0, 0.05) is 25.2 Å². The molecule has 0 amide bonds. The minimum absolute atomic E-state index is 0.0258. The normalized spacial score (nSPS) is 18.2. The van der Waals surface area contributed by atoms with Gasteiger partial charge in [-0.3, -0.25) is 0 Å². The molecular formula is C10H16ClN3O2S. The number of imidazole rings is 1. The highest BCUT2D eigenvalue weighted by atomic mass is 35.5. The van der Waals surface area contributed by atoms with Gasteiger partial charge in [0.05, 0.1) is 6.33 Å². The maximum atomic E-state index is 11.9. The molecule has 0 aromatic carbocycles. The number of hydrogen-bond acceptors (Lipinski definition) is 3. The summed E-state index contributed by atoms with van der Waals surface area (Å²) in [6, 6.07) is 0. The van der Waals surface area contributed by atoms with Gasteiger partial charge in [-0.2, -0.15) is 0 Å². The topological polar surface area (TPSA) is 64.0 Å². The van der Waals surface area contributed by atoms with Crippen molar-refractivity contribution in [2.75, 3.05) is 12.4 Å². The van der Waals surface area contributed by atoms with Gasteiger partial charge in [0.25, 0.3) is 10.0 Å². The van der Waals surface area contributed by atoms with E-state index in [1.165, 1.54) is 12.5 Å². The minimum atomic E-state index is -3.49. The standard InChI is InChI=1S/C10H16ClN3O2S/c1-2-14-5-9(12-8-14)17(15,16)13-7-10(6-11)3-4-10/h5,8,13H,2-4,6-7H2,1H3. The molecule has 96 valence electrons. The molecule has 0 aliphatic heterocycles. The average Bonchev–Trinajstić information content (AvgIpc) is 2.94. The van der Waals surface area contributed by atoms with Crippen molar-refractivity contribution >= 4 is 21.6 Å². The Bertz CT molecular complexity index is 493. The summed E-state index contributed by atoms with van der Waals surface area (Å²) in [7, 11) is -3.49. The number of aromatic nitrogens is 2. The van der Waals surface area contributed by atoms with E-state index in [0.717, 1.165) is 12.8 Å². The fourth-order valence-electron chi connectivity index (χ4n) is 1.51. The molecule has 0 saturated heterocycles. The lowest BCUT2D eigenvalue weighted by Crippen LogP contribution is -2.31. The highest BCUT2D eigenvalue weighted by molar-refractivity contribution is 7.89. The Morgan fingerprint density at radius 3 is 2.76 bits per heavy atom. The van der Waals surface area contributed by atoms with E-state index in [9.17, 15) is 8.42 Å². The van der Waals surface area contributed by atoms with Crippen molar-refractivity contribution in [2.45, 2.75) is 31.3 Å². The fourth-order valence-corrected chi connectivity index (χ4v) is 2.97. The van der Waals surface area contributed by atoms with Crippen LogP contribution in [-0.4, -0.2) is 30.4 Å². The molecule has 1 saturated carbocycles. The molecule has 1 aliphatic rings. The maximum Gasteiger partial charge on any atom is 0.259 e. The van der Waals surface area contributed by atoms with Crippen LogP contribution in [0.25, 0.3) is 0 Å². The van der Waals surface area contributed by atoms with Crippen LogP contribution >= 0.6 is 11.6 Å². The lowest BCUT2D eigenvalue weighted by atomic mass is 10.1. The quantitative estimate of drug-likeness (QED) is 0.795. The maximum absolute atomic E-state index is 11.9. The first-order valence-electron chi connectivity index (χ1n) is 5.59. The van der Waals surface area contributed by atoms with E-state index in [0.29, 0.717) is 19.0 Å². The Kier molecular flexibility index (Phi) is 3.47. The molecule has 1 N–H and O–H groups in total. The molecule has 1 aromatic heterocycles.